The summed E-state index contributed by atoms with van der Waals surface area (Å²) in [7, 11) is 1.79. The number of hydrogen-bond donors (Lipinski definition) is 0. The van der Waals surface area contributed by atoms with Gasteiger partial charge >= 0.3 is 4.87 Å². The molecule has 1 aromatic carbocycles. The molecular formula is C19H24N2O2S. The Morgan fingerprint density at radius 1 is 1.33 bits per heavy atom. The molecule has 1 amide bonds. The van der Waals surface area contributed by atoms with Crippen molar-refractivity contribution in [3.8, 4) is 0 Å². The average Bonchev–Trinajstić information content (AvgIpc) is 2.87. The second-order valence-corrected chi connectivity index (χ2v) is 6.86. The third-order valence-corrected chi connectivity index (χ3v) is 5.16. The standard InChI is InChI=1S/C19H24N2O2S/c1-5-7-12-20(4)18(22)17-14(3)21(19(23)24-17)13-16-10-8-15(6-2)9-11-16/h6,8-11H,2,5,7,12-13H2,1,3-4H3. The molecule has 24 heavy (non-hydrogen) atoms. The smallest absolute Gasteiger partial charge is 0.308 e. The average molecular weight is 344 g/mol. The Morgan fingerprint density at radius 3 is 2.58 bits per heavy atom. The summed E-state index contributed by atoms with van der Waals surface area (Å²) in [6.07, 6.45) is 3.79. The third kappa shape index (κ3) is 4.03. The molecule has 0 aliphatic rings. The summed E-state index contributed by atoms with van der Waals surface area (Å²) in [5, 5.41) is 0. The van der Waals surface area contributed by atoms with Gasteiger partial charge in [0.1, 0.15) is 4.88 Å². The molecule has 0 radical (unpaired) electrons. The zero-order valence-corrected chi connectivity index (χ0v) is 15.4. The van der Waals surface area contributed by atoms with Crippen LogP contribution in [-0.2, 0) is 6.54 Å². The first-order valence-corrected chi connectivity index (χ1v) is 8.96. The Bertz CT molecular complexity index is 772. The van der Waals surface area contributed by atoms with Crippen LogP contribution in [0.2, 0.25) is 0 Å². The van der Waals surface area contributed by atoms with Gasteiger partial charge in [-0.15, -0.1) is 0 Å². The van der Waals surface area contributed by atoms with Crippen molar-refractivity contribution in [2.24, 2.45) is 0 Å². The van der Waals surface area contributed by atoms with Crippen molar-refractivity contribution in [1.82, 2.24) is 9.47 Å². The van der Waals surface area contributed by atoms with E-state index in [4.69, 9.17) is 0 Å². The molecule has 128 valence electrons. The first-order chi connectivity index (χ1) is 11.5. The lowest BCUT2D eigenvalue weighted by Crippen LogP contribution is -2.27. The number of benzene rings is 1. The van der Waals surface area contributed by atoms with Gasteiger partial charge in [0.15, 0.2) is 0 Å². The summed E-state index contributed by atoms with van der Waals surface area (Å²) in [4.78, 5) is 27.0. The van der Waals surface area contributed by atoms with Gasteiger partial charge in [0.05, 0.1) is 6.54 Å². The number of thiazole rings is 1. The highest BCUT2D eigenvalue weighted by atomic mass is 32.1. The molecule has 0 spiro atoms. The van der Waals surface area contributed by atoms with Gasteiger partial charge in [-0.2, -0.15) is 0 Å². The van der Waals surface area contributed by atoms with Crippen LogP contribution in [0.15, 0.2) is 35.6 Å². The van der Waals surface area contributed by atoms with Crippen molar-refractivity contribution < 1.29 is 4.79 Å². The molecule has 0 aliphatic carbocycles. The number of carbonyl (C=O) groups excluding carboxylic acids is 1. The van der Waals surface area contributed by atoms with Crippen LogP contribution in [-0.4, -0.2) is 29.0 Å². The minimum atomic E-state index is -0.0902. The van der Waals surface area contributed by atoms with Gasteiger partial charge in [-0.3, -0.25) is 14.2 Å². The van der Waals surface area contributed by atoms with Crippen LogP contribution in [0, 0.1) is 6.92 Å². The van der Waals surface area contributed by atoms with Crippen LogP contribution < -0.4 is 4.87 Å². The summed E-state index contributed by atoms with van der Waals surface area (Å²) in [5.41, 5.74) is 2.81. The molecule has 1 aromatic heterocycles. The summed E-state index contributed by atoms with van der Waals surface area (Å²) in [6, 6.07) is 7.91. The maximum atomic E-state index is 12.5. The predicted octanol–water partition coefficient (Wildman–Crippen LogP) is 3.78. The van der Waals surface area contributed by atoms with Crippen LogP contribution in [0.3, 0.4) is 0 Å². The van der Waals surface area contributed by atoms with Crippen LogP contribution in [0.4, 0.5) is 0 Å². The topological polar surface area (TPSA) is 42.3 Å². The highest BCUT2D eigenvalue weighted by Crippen LogP contribution is 2.16. The highest BCUT2D eigenvalue weighted by molar-refractivity contribution is 7.11. The molecule has 0 bridgehead atoms. The zero-order chi connectivity index (χ0) is 17.7. The second-order valence-electron chi connectivity index (χ2n) is 5.89. The van der Waals surface area contributed by atoms with Crippen LogP contribution in [0.1, 0.15) is 46.3 Å². The largest absolute Gasteiger partial charge is 0.341 e. The number of unbranched alkanes of at least 4 members (excludes halogenated alkanes) is 1. The summed E-state index contributed by atoms with van der Waals surface area (Å²) >= 11 is 1.04. The van der Waals surface area contributed by atoms with E-state index in [2.05, 4.69) is 13.5 Å². The number of hydrogen-bond acceptors (Lipinski definition) is 3. The van der Waals surface area contributed by atoms with Gasteiger partial charge in [-0.05, 0) is 24.5 Å². The quantitative estimate of drug-likeness (QED) is 0.767. The van der Waals surface area contributed by atoms with E-state index in [-0.39, 0.29) is 10.8 Å². The Morgan fingerprint density at radius 2 is 2.00 bits per heavy atom. The van der Waals surface area contributed by atoms with E-state index in [0.717, 1.165) is 41.0 Å². The van der Waals surface area contributed by atoms with Crippen molar-refractivity contribution in [3.05, 3.63) is 62.2 Å². The minimum absolute atomic E-state index is 0.0659. The van der Waals surface area contributed by atoms with E-state index < -0.39 is 0 Å². The Labute approximate surface area is 147 Å². The molecule has 2 rings (SSSR count). The summed E-state index contributed by atoms with van der Waals surface area (Å²) < 4.78 is 1.68. The molecule has 0 N–H and O–H groups in total. The number of amides is 1. The molecule has 1 heterocycles. The minimum Gasteiger partial charge on any atom is -0.341 e. The fraction of sp³-hybridized carbons (Fsp3) is 0.368. The molecule has 0 atom stereocenters. The van der Waals surface area contributed by atoms with Crippen molar-refractivity contribution in [2.75, 3.05) is 13.6 Å². The maximum Gasteiger partial charge on any atom is 0.308 e. The van der Waals surface area contributed by atoms with Gasteiger partial charge in [0, 0.05) is 19.3 Å². The number of aromatic nitrogens is 1. The van der Waals surface area contributed by atoms with Crippen LogP contribution in [0.5, 0.6) is 0 Å². The molecule has 0 aliphatic heterocycles. The third-order valence-electron chi connectivity index (χ3n) is 4.09. The number of nitrogens with zero attached hydrogens (tertiary/aromatic N) is 2. The first kappa shape index (κ1) is 18.2. The lowest BCUT2D eigenvalue weighted by Gasteiger charge is -2.16. The lowest BCUT2D eigenvalue weighted by molar-refractivity contribution is 0.0796. The molecule has 0 fully saturated rings. The number of rotatable bonds is 7. The van der Waals surface area contributed by atoms with Crippen LogP contribution >= 0.6 is 11.3 Å². The molecule has 5 heteroatoms. The Kier molecular flexibility index (Phi) is 6.15. The van der Waals surface area contributed by atoms with Gasteiger partial charge < -0.3 is 4.90 Å². The maximum absolute atomic E-state index is 12.5. The van der Waals surface area contributed by atoms with Crippen molar-refractivity contribution in [3.63, 3.8) is 0 Å². The zero-order valence-electron chi connectivity index (χ0n) is 14.5. The first-order valence-electron chi connectivity index (χ1n) is 8.15. The van der Waals surface area contributed by atoms with Crippen molar-refractivity contribution >= 4 is 23.3 Å². The van der Waals surface area contributed by atoms with E-state index in [1.165, 1.54) is 0 Å². The predicted molar refractivity (Wildman–Crippen MR) is 101 cm³/mol. The summed E-state index contributed by atoms with van der Waals surface area (Å²) in [5.74, 6) is -0.0659. The molecule has 0 unspecified atom stereocenters. The Balaban J connectivity index is 2.23. The summed E-state index contributed by atoms with van der Waals surface area (Å²) in [6.45, 7) is 8.86. The lowest BCUT2D eigenvalue weighted by atomic mass is 10.1. The fourth-order valence-electron chi connectivity index (χ4n) is 2.47. The fourth-order valence-corrected chi connectivity index (χ4v) is 3.46. The molecule has 4 nitrogen and oxygen atoms in total. The van der Waals surface area contributed by atoms with Gasteiger partial charge in [-0.1, -0.05) is 61.6 Å². The van der Waals surface area contributed by atoms with E-state index in [0.29, 0.717) is 18.0 Å². The second kappa shape index (κ2) is 8.11. The van der Waals surface area contributed by atoms with E-state index in [1.54, 1.807) is 22.6 Å². The molecule has 0 saturated heterocycles. The highest BCUT2D eigenvalue weighted by Gasteiger charge is 2.20. The van der Waals surface area contributed by atoms with Crippen molar-refractivity contribution in [1.29, 1.82) is 0 Å². The molecule has 0 saturated carbocycles. The number of carbonyl (C=O) groups is 1. The van der Waals surface area contributed by atoms with E-state index in [9.17, 15) is 9.59 Å². The van der Waals surface area contributed by atoms with Crippen molar-refractivity contribution in [2.45, 2.75) is 33.2 Å². The van der Waals surface area contributed by atoms with Gasteiger partial charge in [0.25, 0.3) is 5.91 Å². The molecule has 2 aromatic rings. The van der Waals surface area contributed by atoms with E-state index >= 15 is 0 Å². The SMILES string of the molecule is C=Cc1ccc(Cn2c(C)c(C(=O)N(C)CCCC)sc2=O)cc1. The van der Waals surface area contributed by atoms with Gasteiger partial charge in [-0.25, -0.2) is 0 Å². The van der Waals surface area contributed by atoms with E-state index in [1.807, 2.05) is 31.2 Å². The normalized spacial score (nSPS) is 10.6. The van der Waals surface area contributed by atoms with Crippen LogP contribution in [0.25, 0.3) is 6.08 Å². The Hall–Kier alpha value is -2.14. The van der Waals surface area contributed by atoms with Gasteiger partial charge in [0.2, 0.25) is 0 Å². The molecular weight excluding hydrogens is 320 g/mol. The monoisotopic (exact) mass is 344 g/mol.